The van der Waals surface area contributed by atoms with Gasteiger partial charge in [0.15, 0.2) is 11.5 Å². The highest BCUT2D eigenvalue weighted by Crippen LogP contribution is 2.41. The lowest BCUT2D eigenvalue weighted by Gasteiger charge is -2.24. The number of aryl methyl sites for hydroxylation is 1. The van der Waals surface area contributed by atoms with E-state index < -0.39 is 0 Å². The van der Waals surface area contributed by atoms with Crippen molar-refractivity contribution in [1.29, 1.82) is 0 Å². The molecule has 4 aromatic rings. The minimum absolute atomic E-state index is 0.140. The number of amides is 1. The van der Waals surface area contributed by atoms with Gasteiger partial charge in [0.2, 0.25) is 5.43 Å². The molecule has 194 valence electrons. The molecule has 2 aromatic carbocycles. The van der Waals surface area contributed by atoms with Crippen molar-refractivity contribution in [3.63, 3.8) is 0 Å². The predicted molar refractivity (Wildman–Crippen MR) is 149 cm³/mol. The van der Waals surface area contributed by atoms with Crippen LogP contribution in [0.15, 0.2) is 70.9 Å². The number of thioether (sulfide) groups is 1. The lowest BCUT2D eigenvalue weighted by Crippen LogP contribution is -2.34. The molecule has 4 heterocycles. The zero-order chi connectivity index (χ0) is 26.1. The Bertz CT molecular complexity index is 1560. The highest BCUT2D eigenvalue weighted by molar-refractivity contribution is 7.99. The van der Waals surface area contributed by atoms with Gasteiger partial charge in [0.05, 0.1) is 16.8 Å². The number of hydrogen-bond acceptors (Lipinski definition) is 7. The Balaban J connectivity index is 1.32. The molecule has 8 nitrogen and oxygen atoms in total. The van der Waals surface area contributed by atoms with E-state index in [-0.39, 0.29) is 16.9 Å². The number of rotatable bonds is 8. The first kappa shape index (κ1) is 24.6. The lowest BCUT2D eigenvalue weighted by molar-refractivity contribution is 0.0949. The van der Waals surface area contributed by atoms with E-state index in [0.717, 1.165) is 47.8 Å². The van der Waals surface area contributed by atoms with Gasteiger partial charge < -0.3 is 19.5 Å². The summed E-state index contributed by atoms with van der Waals surface area (Å²) in [6.45, 7) is 1.63. The Kier molecular flexibility index (Phi) is 6.86. The van der Waals surface area contributed by atoms with Crippen LogP contribution in [0.3, 0.4) is 0 Å². The number of pyridine rings is 1. The van der Waals surface area contributed by atoms with Gasteiger partial charge in [-0.25, -0.2) is 0 Å². The normalized spacial score (nSPS) is 16.3. The SMILES string of the molecule is CN1CCCC1CCNC(=O)c1cn2c3c(cc(SCCc4cnccn4)cc3c1=O)Oc1ccccc1-2. The second-order valence-corrected chi connectivity index (χ2v) is 10.9. The van der Waals surface area contributed by atoms with Crippen molar-refractivity contribution in [3.8, 4) is 17.2 Å². The quantitative estimate of drug-likeness (QED) is 0.299. The summed E-state index contributed by atoms with van der Waals surface area (Å²) in [7, 11) is 2.12. The van der Waals surface area contributed by atoms with Gasteiger partial charge in [-0.3, -0.25) is 19.6 Å². The fraction of sp³-hybridized carbons (Fsp3) is 0.310. The summed E-state index contributed by atoms with van der Waals surface area (Å²) >= 11 is 1.62. The summed E-state index contributed by atoms with van der Waals surface area (Å²) in [5, 5.41) is 3.47. The van der Waals surface area contributed by atoms with E-state index in [1.165, 1.54) is 6.42 Å². The van der Waals surface area contributed by atoms with Gasteiger partial charge in [0.25, 0.3) is 5.91 Å². The van der Waals surface area contributed by atoms with Crippen molar-refractivity contribution in [3.05, 3.63) is 82.7 Å². The number of hydrogen-bond donors (Lipinski definition) is 1. The smallest absolute Gasteiger partial charge is 0.256 e. The molecule has 0 radical (unpaired) electrons. The minimum atomic E-state index is -0.340. The molecule has 0 spiro atoms. The van der Waals surface area contributed by atoms with Crippen LogP contribution in [0.2, 0.25) is 0 Å². The summed E-state index contributed by atoms with van der Waals surface area (Å²) in [5.41, 5.74) is 2.25. The molecule has 38 heavy (non-hydrogen) atoms. The largest absolute Gasteiger partial charge is 0.453 e. The number of ether oxygens (including phenoxy) is 1. The molecule has 1 fully saturated rings. The third-order valence-electron chi connectivity index (χ3n) is 7.30. The molecule has 2 aromatic heterocycles. The average Bonchev–Trinajstić information content (AvgIpc) is 3.35. The number of carbonyl (C=O) groups is 1. The number of likely N-dealkylation sites (tertiary alicyclic amines) is 1. The van der Waals surface area contributed by atoms with E-state index in [9.17, 15) is 9.59 Å². The molecule has 0 aliphatic carbocycles. The Morgan fingerprint density at radius 2 is 2.11 bits per heavy atom. The zero-order valence-corrected chi connectivity index (χ0v) is 22.0. The zero-order valence-electron chi connectivity index (χ0n) is 21.2. The fourth-order valence-electron chi connectivity index (χ4n) is 5.30. The summed E-state index contributed by atoms with van der Waals surface area (Å²) < 4.78 is 8.16. The average molecular weight is 528 g/mol. The minimum Gasteiger partial charge on any atom is -0.453 e. The first-order valence-electron chi connectivity index (χ1n) is 13.0. The molecule has 0 saturated carbocycles. The molecule has 1 N–H and O–H groups in total. The standard InChI is InChI=1S/C29H29N5O3S/c1-33-13-4-5-20(33)8-10-32-29(36)23-18-34-24-6-2-3-7-25(24)37-26-16-21(15-22(27(26)34)28(23)35)38-14-9-19-17-30-11-12-31-19/h2-3,6-7,11-12,15-18,20H,4-5,8-10,13-14H2,1H3,(H,32,36). The second kappa shape index (κ2) is 10.6. The van der Waals surface area contributed by atoms with Crippen LogP contribution in [0, 0.1) is 0 Å². The van der Waals surface area contributed by atoms with Crippen LogP contribution in [-0.4, -0.2) is 57.3 Å². The van der Waals surface area contributed by atoms with Gasteiger partial charge in [-0.2, -0.15) is 0 Å². The van der Waals surface area contributed by atoms with Crippen LogP contribution in [0.4, 0.5) is 0 Å². The molecule has 1 atom stereocenters. The molecule has 9 heteroatoms. The maximum atomic E-state index is 13.7. The molecular weight excluding hydrogens is 498 g/mol. The predicted octanol–water partition coefficient (Wildman–Crippen LogP) is 4.44. The van der Waals surface area contributed by atoms with E-state index in [2.05, 4.69) is 27.2 Å². The van der Waals surface area contributed by atoms with Crippen LogP contribution in [0.5, 0.6) is 11.5 Å². The lowest BCUT2D eigenvalue weighted by atomic mass is 10.1. The van der Waals surface area contributed by atoms with Crippen LogP contribution >= 0.6 is 11.8 Å². The van der Waals surface area contributed by atoms with Crippen molar-refractivity contribution in [2.45, 2.75) is 36.6 Å². The topological polar surface area (TPSA) is 89.4 Å². The fourth-order valence-corrected chi connectivity index (χ4v) is 6.24. The van der Waals surface area contributed by atoms with E-state index >= 15 is 0 Å². The van der Waals surface area contributed by atoms with E-state index in [0.29, 0.717) is 35.0 Å². The summed E-state index contributed by atoms with van der Waals surface area (Å²) in [6.07, 6.45) is 10.7. The Hall–Kier alpha value is -3.69. The van der Waals surface area contributed by atoms with Crippen molar-refractivity contribution in [2.24, 2.45) is 0 Å². The molecule has 1 amide bonds. The number of carbonyl (C=O) groups excluding carboxylic acids is 1. The van der Waals surface area contributed by atoms with Crippen LogP contribution < -0.4 is 15.5 Å². The van der Waals surface area contributed by atoms with Crippen molar-refractivity contribution in [1.82, 2.24) is 24.8 Å². The number of para-hydroxylation sites is 2. The molecule has 6 rings (SSSR count). The van der Waals surface area contributed by atoms with Gasteiger partial charge in [-0.15, -0.1) is 11.8 Å². The van der Waals surface area contributed by atoms with Crippen LogP contribution in [-0.2, 0) is 6.42 Å². The molecule has 0 bridgehead atoms. The summed E-state index contributed by atoms with van der Waals surface area (Å²) in [4.78, 5) is 38.7. The van der Waals surface area contributed by atoms with Crippen LogP contribution in [0.25, 0.3) is 16.6 Å². The molecular formula is C29H29N5O3S. The number of nitrogens with zero attached hydrogens (tertiary/aromatic N) is 4. The first-order valence-corrected chi connectivity index (χ1v) is 13.9. The van der Waals surface area contributed by atoms with Gasteiger partial charge >= 0.3 is 0 Å². The molecule has 2 aliphatic heterocycles. The Morgan fingerprint density at radius 1 is 1.21 bits per heavy atom. The Labute approximate surface area is 225 Å². The third-order valence-corrected chi connectivity index (χ3v) is 8.28. The van der Waals surface area contributed by atoms with Crippen LogP contribution in [0.1, 0.15) is 35.3 Å². The summed E-state index contributed by atoms with van der Waals surface area (Å²) in [5.74, 6) is 1.72. The van der Waals surface area contributed by atoms with E-state index in [1.54, 1.807) is 36.5 Å². The monoisotopic (exact) mass is 527 g/mol. The van der Waals surface area contributed by atoms with Gasteiger partial charge in [-0.05, 0) is 57.1 Å². The molecule has 1 saturated heterocycles. The van der Waals surface area contributed by atoms with Crippen molar-refractivity contribution >= 4 is 28.6 Å². The highest BCUT2D eigenvalue weighted by atomic mass is 32.2. The van der Waals surface area contributed by atoms with Crippen molar-refractivity contribution in [2.75, 3.05) is 25.9 Å². The molecule has 2 aliphatic rings. The third kappa shape index (κ3) is 4.79. The van der Waals surface area contributed by atoms with Crippen molar-refractivity contribution < 1.29 is 9.53 Å². The summed E-state index contributed by atoms with van der Waals surface area (Å²) in [6, 6.07) is 12.0. The maximum absolute atomic E-state index is 13.7. The molecule has 1 unspecified atom stereocenters. The van der Waals surface area contributed by atoms with Gasteiger partial charge in [0.1, 0.15) is 11.1 Å². The Morgan fingerprint density at radius 3 is 2.92 bits per heavy atom. The van der Waals surface area contributed by atoms with Gasteiger partial charge in [-0.1, -0.05) is 12.1 Å². The van der Waals surface area contributed by atoms with E-state index in [4.69, 9.17) is 4.74 Å². The second-order valence-electron chi connectivity index (χ2n) is 9.75. The first-order chi connectivity index (χ1) is 18.6. The number of aromatic nitrogens is 3. The number of nitrogens with one attached hydrogen (secondary N) is 1. The highest BCUT2D eigenvalue weighted by Gasteiger charge is 2.25. The maximum Gasteiger partial charge on any atom is 0.256 e. The van der Waals surface area contributed by atoms with E-state index in [1.807, 2.05) is 41.0 Å². The number of fused-ring (bicyclic) bond motifs is 2. The number of benzene rings is 2. The van der Waals surface area contributed by atoms with Gasteiger partial charge in [0, 0.05) is 54.4 Å².